The van der Waals surface area contributed by atoms with Crippen LogP contribution in [0.3, 0.4) is 0 Å². The molecule has 1 amide bonds. The number of esters is 1. The lowest BCUT2D eigenvalue weighted by Crippen LogP contribution is -2.30. The second-order valence-electron chi connectivity index (χ2n) is 4.72. The highest BCUT2D eigenvalue weighted by molar-refractivity contribution is 6.30. The van der Waals surface area contributed by atoms with Crippen LogP contribution >= 0.6 is 11.6 Å². The molecule has 2 rings (SSSR count). The molecule has 1 aliphatic heterocycles. The Balaban J connectivity index is 2.11. The number of hydrogen-bond acceptors (Lipinski definition) is 3. The van der Waals surface area contributed by atoms with Crippen molar-refractivity contribution in [3.8, 4) is 0 Å². The first-order chi connectivity index (χ1) is 9.02. The minimum atomic E-state index is -0.247. The van der Waals surface area contributed by atoms with Gasteiger partial charge in [-0.3, -0.25) is 9.59 Å². The van der Waals surface area contributed by atoms with Gasteiger partial charge >= 0.3 is 5.97 Å². The van der Waals surface area contributed by atoms with E-state index in [1.807, 2.05) is 6.92 Å². The molecule has 1 fully saturated rings. The molecule has 1 heterocycles. The highest BCUT2D eigenvalue weighted by Crippen LogP contribution is 2.22. The number of methoxy groups -OCH3 is 1. The molecule has 0 aliphatic carbocycles. The lowest BCUT2D eigenvalue weighted by Gasteiger charge is -2.17. The second-order valence-corrected chi connectivity index (χ2v) is 5.16. The molecule has 102 valence electrons. The van der Waals surface area contributed by atoms with Crippen LogP contribution in [0.4, 0.5) is 0 Å². The highest BCUT2D eigenvalue weighted by Gasteiger charge is 2.32. The average molecular weight is 282 g/mol. The zero-order valence-corrected chi connectivity index (χ0v) is 11.7. The molecule has 19 heavy (non-hydrogen) atoms. The van der Waals surface area contributed by atoms with Crippen LogP contribution in [0.25, 0.3) is 0 Å². The Hall–Kier alpha value is -1.55. The minimum Gasteiger partial charge on any atom is -0.469 e. The summed E-state index contributed by atoms with van der Waals surface area (Å²) >= 11 is 5.88. The third kappa shape index (κ3) is 2.89. The van der Waals surface area contributed by atoms with Gasteiger partial charge in [-0.2, -0.15) is 0 Å². The summed E-state index contributed by atoms with van der Waals surface area (Å²) < 4.78 is 4.71. The van der Waals surface area contributed by atoms with Crippen LogP contribution in [-0.2, 0) is 9.53 Å². The third-order valence-corrected chi connectivity index (χ3v) is 3.66. The number of benzene rings is 1. The van der Waals surface area contributed by atoms with E-state index in [-0.39, 0.29) is 17.8 Å². The van der Waals surface area contributed by atoms with Crippen molar-refractivity contribution in [3.63, 3.8) is 0 Å². The molecule has 0 bridgehead atoms. The normalized spacial score (nSPS) is 18.5. The number of nitrogens with zero attached hydrogens (tertiary/aromatic N) is 1. The quantitative estimate of drug-likeness (QED) is 0.782. The van der Waals surface area contributed by atoms with Gasteiger partial charge in [0, 0.05) is 23.7 Å². The van der Waals surface area contributed by atoms with Gasteiger partial charge in [-0.1, -0.05) is 11.6 Å². The van der Waals surface area contributed by atoms with Gasteiger partial charge < -0.3 is 9.64 Å². The van der Waals surface area contributed by atoms with Crippen molar-refractivity contribution in [1.82, 2.24) is 4.90 Å². The Morgan fingerprint density at radius 3 is 2.79 bits per heavy atom. The molecule has 0 N–H and O–H groups in total. The molecule has 4 nitrogen and oxygen atoms in total. The van der Waals surface area contributed by atoms with Crippen LogP contribution in [0.5, 0.6) is 0 Å². The van der Waals surface area contributed by atoms with E-state index in [9.17, 15) is 9.59 Å². The predicted molar refractivity (Wildman–Crippen MR) is 72.2 cm³/mol. The number of rotatable bonds is 2. The van der Waals surface area contributed by atoms with Gasteiger partial charge in [0.1, 0.15) is 0 Å². The maximum Gasteiger partial charge on any atom is 0.310 e. The molecule has 0 aromatic heterocycles. The molecule has 1 aromatic carbocycles. The molecule has 0 saturated carbocycles. The average Bonchev–Trinajstić information content (AvgIpc) is 2.86. The fraction of sp³-hybridized carbons (Fsp3) is 0.429. The van der Waals surface area contributed by atoms with Gasteiger partial charge in [0.2, 0.25) is 0 Å². The largest absolute Gasteiger partial charge is 0.469 e. The summed E-state index contributed by atoms with van der Waals surface area (Å²) in [6.45, 7) is 2.86. The highest BCUT2D eigenvalue weighted by atomic mass is 35.5. The smallest absolute Gasteiger partial charge is 0.310 e. The van der Waals surface area contributed by atoms with Crippen molar-refractivity contribution < 1.29 is 14.3 Å². The van der Waals surface area contributed by atoms with E-state index in [2.05, 4.69) is 0 Å². The van der Waals surface area contributed by atoms with Crippen molar-refractivity contribution >= 4 is 23.5 Å². The molecule has 1 unspecified atom stereocenters. The maximum absolute atomic E-state index is 12.4. The molecular formula is C14H16ClNO3. The first-order valence-electron chi connectivity index (χ1n) is 6.16. The van der Waals surface area contributed by atoms with Gasteiger partial charge in [-0.25, -0.2) is 0 Å². The summed E-state index contributed by atoms with van der Waals surface area (Å²) in [5.41, 5.74) is 1.48. The molecule has 1 saturated heterocycles. The molecule has 5 heteroatoms. The number of hydrogen-bond donors (Lipinski definition) is 0. The van der Waals surface area contributed by atoms with E-state index in [1.54, 1.807) is 23.1 Å². The van der Waals surface area contributed by atoms with Crippen LogP contribution in [0.2, 0.25) is 5.02 Å². The summed E-state index contributed by atoms with van der Waals surface area (Å²) in [4.78, 5) is 25.5. The summed E-state index contributed by atoms with van der Waals surface area (Å²) in [6.07, 6.45) is 0.658. The van der Waals surface area contributed by atoms with Crippen molar-refractivity contribution in [2.24, 2.45) is 5.92 Å². The van der Waals surface area contributed by atoms with Gasteiger partial charge in [0.25, 0.3) is 5.91 Å². The zero-order chi connectivity index (χ0) is 14.0. The van der Waals surface area contributed by atoms with Crippen LogP contribution in [0.15, 0.2) is 18.2 Å². The fourth-order valence-electron chi connectivity index (χ4n) is 2.34. The van der Waals surface area contributed by atoms with E-state index in [1.165, 1.54) is 7.11 Å². The van der Waals surface area contributed by atoms with Gasteiger partial charge in [-0.05, 0) is 37.1 Å². The number of aryl methyl sites for hydroxylation is 1. The van der Waals surface area contributed by atoms with Crippen LogP contribution in [0.1, 0.15) is 22.3 Å². The zero-order valence-electron chi connectivity index (χ0n) is 11.0. The van der Waals surface area contributed by atoms with Crippen molar-refractivity contribution in [2.75, 3.05) is 20.2 Å². The van der Waals surface area contributed by atoms with E-state index >= 15 is 0 Å². The van der Waals surface area contributed by atoms with Crippen LogP contribution in [-0.4, -0.2) is 37.0 Å². The predicted octanol–water partition coefficient (Wildman–Crippen LogP) is 2.28. The first-order valence-corrected chi connectivity index (χ1v) is 6.54. The van der Waals surface area contributed by atoms with Gasteiger partial charge in [-0.15, -0.1) is 0 Å². The summed E-state index contributed by atoms with van der Waals surface area (Å²) in [7, 11) is 1.37. The molecule has 0 spiro atoms. The standard InChI is InChI=1S/C14H16ClNO3/c1-9-7-11(15)3-4-12(9)13(17)16-6-5-10(8-16)14(18)19-2/h3-4,7,10H,5-6,8H2,1-2H3. The Morgan fingerprint density at radius 1 is 1.42 bits per heavy atom. The molecule has 1 atom stereocenters. The van der Waals surface area contributed by atoms with E-state index < -0.39 is 0 Å². The van der Waals surface area contributed by atoms with E-state index in [4.69, 9.17) is 16.3 Å². The minimum absolute atomic E-state index is 0.0550. The van der Waals surface area contributed by atoms with Crippen LogP contribution < -0.4 is 0 Å². The number of amides is 1. The van der Waals surface area contributed by atoms with Crippen LogP contribution in [0, 0.1) is 12.8 Å². The van der Waals surface area contributed by atoms with Crippen molar-refractivity contribution in [3.05, 3.63) is 34.3 Å². The SMILES string of the molecule is COC(=O)C1CCN(C(=O)c2ccc(Cl)cc2C)C1. The lowest BCUT2D eigenvalue weighted by atomic mass is 10.1. The summed E-state index contributed by atoms with van der Waals surface area (Å²) in [5, 5.41) is 0.614. The van der Waals surface area contributed by atoms with Crippen molar-refractivity contribution in [2.45, 2.75) is 13.3 Å². The summed E-state index contributed by atoms with van der Waals surface area (Å²) in [6, 6.07) is 5.20. The first kappa shape index (κ1) is 13.9. The third-order valence-electron chi connectivity index (χ3n) is 3.43. The Kier molecular flexibility index (Phi) is 4.10. The molecule has 1 aromatic rings. The van der Waals surface area contributed by atoms with Crippen molar-refractivity contribution in [1.29, 1.82) is 0 Å². The maximum atomic E-state index is 12.4. The monoisotopic (exact) mass is 281 g/mol. The van der Waals surface area contributed by atoms with Gasteiger partial charge in [0.05, 0.1) is 13.0 Å². The van der Waals surface area contributed by atoms with E-state index in [0.717, 1.165) is 5.56 Å². The number of carbonyl (C=O) groups is 2. The topological polar surface area (TPSA) is 46.6 Å². The summed E-state index contributed by atoms with van der Waals surface area (Å²) in [5.74, 6) is -0.509. The fourth-order valence-corrected chi connectivity index (χ4v) is 2.57. The van der Waals surface area contributed by atoms with Gasteiger partial charge in [0.15, 0.2) is 0 Å². The molecular weight excluding hydrogens is 266 g/mol. The lowest BCUT2D eigenvalue weighted by molar-refractivity contribution is -0.144. The Morgan fingerprint density at radius 2 is 2.16 bits per heavy atom. The number of carbonyl (C=O) groups excluding carboxylic acids is 2. The number of halogens is 1. The second kappa shape index (κ2) is 5.61. The Bertz CT molecular complexity index is 515. The molecule has 0 radical (unpaired) electrons. The molecule has 1 aliphatic rings. The van der Waals surface area contributed by atoms with E-state index in [0.29, 0.717) is 30.1 Å². The number of ether oxygens (including phenoxy) is 1. The number of likely N-dealkylation sites (tertiary alicyclic amines) is 1. The Labute approximate surface area is 117 Å².